The quantitative estimate of drug-likeness (QED) is 0.544. The number of fused-ring (bicyclic) bond motifs is 1. The Bertz CT molecular complexity index is 880. The lowest BCUT2D eigenvalue weighted by atomic mass is 10.3. The van der Waals surface area contributed by atoms with E-state index in [1.54, 1.807) is 28.2 Å². The predicted octanol–water partition coefficient (Wildman–Crippen LogP) is 3.74. The van der Waals surface area contributed by atoms with E-state index in [0.717, 1.165) is 24.2 Å². The molecule has 0 unspecified atom stereocenters. The lowest BCUT2D eigenvalue weighted by Gasteiger charge is -1.94. The van der Waals surface area contributed by atoms with Gasteiger partial charge < -0.3 is 0 Å². The summed E-state index contributed by atoms with van der Waals surface area (Å²) in [6, 6.07) is 7.89. The fourth-order valence-corrected chi connectivity index (χ4v) is 4.10. The highest BCUT2D eigenvalue weighted by molar-refractivity contribution is 9.11. The van der Waals surface area contributed by atoms with Crippen LogP contribution in [-0.2, 0) is 0 Å². The minimum absolute atomic E-state index is 0.714. The number of thiophene rings is 1. The number of pyridine rings is 1. The summed E-state index contributed by atoms with van der Waals surface area (Å²) >= 11 is 6.65. The Morgan fingerprint density at radius 2 is 2.05 bits per heavy atom. The van der Waals surface area contributed by atoms with Crippen molar-refractivity contribution in [3.8, 4) is 21.3 Å². The zero-order valence-electron chi connectivity index (χ0n) is 9.89. The lowest BCUT2D eigenvalue weighted by Crippen LogP contribution is -1.90. The molecule has 20 heavy (non-hydrogen) atoms. The third-order valence-electron chi connectivity index (χ3n) is 2.69. The zero-order valence-corrected chi connectivity index (χ0v) is 13.1. The van der Waals surface area contributed by atoms with Gasteiger partial charge in [0.2, 0.25) is 4.96 Å². The van der Waals surface area contributed by atoms with Crippen LogP contribution in [0.25, 0.3) is 26.2 Å². The van der Waals surface area contributed by atoms with Crippen LogP contribution in [0.15, 0.2) is 40.4 Å². The average Bonchev–Trinajstić information content (AvgIpc) is 3.13. The molecule has 0 aliphatic carbocycles. The van der Waals surface area contributed by atoms with Crippen LogP contribution in [-0.4, -0.2) is 24.8 Å². The van der Waals surface area contributed by atoms with Gasteiger partial charge in [0.1, 0.15) is 0 Å². The van der Waals surface area contributed by atoms with Crippen molar-refractivity contribution >= 4 is 43.6 Å². The molecule has 0 atom stereocenters. The van der Waals surface area contributed by atoms with E-state index < -0.39 is 0 Å². The van der Waals surface area contributed by atoms with Crippen LogP contribution >= 0.6 is 38.6 Å². The molecule has 98 valence electrons. The summed E-state index contributed by atoms with van der Waals surface area (Å²) in [4.78, 5) is 6.00. The van der Waals surface area contributed by atoms with Gasteiger partial charge in [0.25, 0.3) is 0 Å². The van der Waals surface area contributed by atoms with Gasteiger partial charge >= 0.3 is 0 Å². The topological polar surface area (TPSA) is 56.0 Å². The highest BCUT2D eigenvalue weighted by atomic mass is 79.9. The molecule has 0 bridgehead atoms. The predicted molar refractivity (Wildman–Crippen MR) is 82.9 cm³/mol. The molecule has 0 radical (unpaired) electrons. The second-order valence-electron chi connectivity index (χ2n) is 3.97. The summed E-state index contributed by atoms with van der Waals surface area (Å²) in [5.41, 5.74) is 0.907. The third kappa shape index (κ3) is 1.96. The first-order chi connectivity index (χ1) is 9.81. The van der Waals surface area contributed by atoms with Crippen molar-refractivity contribution in [2.75, 3.05) is 0 Å². The Morgan fingerprint density at radius 3 is 2.80 bits per heavy atom. The van der Waals surface area contributed by atoms with E-state index in [1.807, 2.05) is 24.3 Å². The monoisotopic (exact) mass is 363 g/mol. The van der Waals surface area contributed by atoms with Crippen molar-refractivity contribution in [2.24, 2.45) is 0 Å². The molecule has 0 amide bonds. The first-order valence-electron chi connectivity index (χ1n) is 5.69. The number of rotatable bonds is 2. The van der Waals surface area contributed by atoms with Gasteiger partial charge in [0.05, 0.1) is 8.66 Å². The molecule has 4 aromatic rings. The molecule has 8 heteroatoms. The minimum atomic E-state index is 0.714. The van der Waals surface area contributed by atoms with E-state index >= 15 is 0 Å². The van der Waals surface area contributed by atoms with Gasteiger partial charge in [-0.05, 0) is 40.2 Å². The minimum Gasteiger partial charge on any atom is -0.264 e. The number of nitrogens with zero attached hydrogens (tertiary/aromatic N) is 5. The molecule has 0 fully saturated rings. The van der Waals surface area contributed by atoms with E-state index in [1.165, 1.54) is 11.3 Å². The summed E-state index contributed by atoms with van der Waals surface area (Å²) in [6.45, 7) is 0. The van der Waals surface area contributed by atoms with Gasteiger partial charge in [-0.25, -0.2) is 0 Å². The maximum absolute atomic E-state index is 4.60. The van der Waals surface area contributed by atoms with E-state index in [0.29, 0.717) is 5.82 Å². The summed E-state index contributed by atoms with van der Waals surface area (Å²) < 4.78 is 2.86. The number of aromatic nitrogens is 5. The Labute approximate surface area is 130 Å². The van der Waals surface area contributed by atoms with Crippen LogP contribution in [0, 0.1) is 0 Å². The maximum atomic E-state index is 4.60. The summed E-state index contributed by atoms with van der Waals surface area (Å²) in [5.74, 6) is 0.714. The molecule has 0 spiro atoms. The van der Waals surface area contributed by atoms with Crippen molar-refractivity contribution < 1.29 is 0 Å². The lowest BCUT2D eigenvalue weighted by molar-refractivity contribution is 0.970. The molecule has 4 heterocycles. The van der Waals surface area contributed by atoms with Crippen molar-refractivity contribution in [1.82, 2.24) is 24.8 Å². The second-order valence-corrected chi connectivity index (χ2v) is 7.39. The SMILES string of the molecule is Brc1ccc(-c2nn3c(-c4cccnc4)nnc3s2)s1. The van der Waals surface area contributed by atoms with E-state index in [9.17, 15) is 0 Å². The molecule has 0 N–H and O–H groups in total. The standard InChI is InChI=1S/C12H6BrN5S2/c13-9-4-3-8(19-9)11-17-18-10(15-16-12(18)20-11)7-2-1-5-14-6-7/h1-6H. The Kier molecular flexibility index (Phi) is 2.86. The van der Waals surface area contributed by atoms with E-state index in [2.05, 4.69) is 36.2 Å². The van der Waals surface area contributed by atoms with Crippen LogP contribution in [0.5, 0.6) is 0 Å². The molecule has 5 nitrogen and oxygen atoms in total. The smallest absolute Gasteiger partial charge is 0.235 e. The summed E-state index contributed by atoms with van der Waals surface area (Å²) in [5, 5.41) is 13.9. The van der Waals surface area contributed by atoms with Gasteiger partial charge in [0, 0.05) is 18.0 Å². The largest absolute Gasteiger partial charge is 0.264 e. The molecule has 4 rings (SSSR count). The molecule has 0 aromatic carbocycles. The van der Waals surface area contributed by atoms with Crippen LogP contribution in [0.2, 0.25) is 0 Å². The van der Waals surface area contributed by atoms with Gasteiger partial charge in [-0.2, -0.15) is 9.61 Å². The van der Waals surface area contributed by atoms with Crippen molar-refractivity contribution in [2.45, 2.75) is 0 Å². The Balaban J connectivity index is 1.87. The Morgan fingerprint density at radius 1 is 1.10 bits per heavy atom. The molecule has 0 aliphatic heterocycles. The fourth-order valence-electron chi connectivity index (χ4n) is 1.82. The normalized spacial score (nSPS) is 11.2. The number of halogens is 1. The zero-order chi connectivity index (χ0) is 13.5. The molecule has 4 aromatic heterocycles. The van der Waals surface area contributed by atoms with E-state index in [-0.39, 0.29) is 0 Å². The second kappa shape index (κ2) is 4.72. The molecular formula is C12H6BrN5S2. The third-order valence-corrected chi connectivity index (χ3v) is 5.39. The average molecular weight is 364 g/mol. The first-order valence-corrected chi connectivity index (χ1v) is 8.12. The maximum Gasteiger partial charge on any atom is 0.235 e. The summed E-state index contributed by atoms with van der Waals surface area (Å²) in [7, 11) is 0. The van der Waals surface area contributed by atoms with Crippen molar-refractivity contribution in [3.05, 3.63) is 40.4 Å². The number of hydrogen-bond acceptors (Lipinski definition) is 6. The summed E-state index contributed by atoms with van der Waals surface area (Å²) in [6.07, 6.45) is 3.49. The Hall–Kier alpha value is -1.64. The van der Waals surface area contributed by atoms with Crippen molar-refractivity contribution in [1.29, 1.82) is 0 Å². The number of hydrogen-bond donors (Lipinski definition) is 0. The molecule has 0 saturated carbocycles. The van der Waals surface area contributed by atoms with Gasteiger partial charge in [-0.1, -0.05) is 11.3 Å². The van der Waals surface area contributed by atoms with E-state index in [4.69, 9.17) is 0 Å². The van der Waals surface area contributed by atoms with Crippen LogP contribution in [0.1, 0.15) is 0 Å². The van der Waals surface area contributed by atoms with Gasteiger partial charge in [-0.15, -0.1) is 21.5 Å². The van der Waals surface area contributed by atoms with Crippen molar-refractivity contribution in [3.63, 3.8) is 0 Å². The molecule has 0 saturated heterocycles. The van der Waals surface area contributed by atoms with Gasteiger partial charge in [-0.3, -0.25) is 4.98 Å². The highest BCUT2D eigenvalue weighted by Gasteiger charge is 2.15. The van der Waals surface area contributed by atoms with Crippen LogP contribution in [0.3, 0.4) is 0 Å². The molecular weight excluding hydrogens is 358 g/mol. The highest BCUT2D eigenvalue weighted by Crippen LogP contribution is 2.34. The van der Waals surface area contributed by atoms with Gasteiger partial charge in [0.15, 0.2) is 10.8 Å². The first kappa shape index (κ1) is 12.1. The molecule has 0 aliphatic rings. The van der Waals surface area contributed by atoms with Crippen LogP contribution in [0.4, 0.5) is 0 Å². The van der Waals surface area contributed by atoms with Crippen LogP contribution < -0.4 is 0 Å². The fraction of sp³-hybridized carbons (Fsp3) is 0.